The van der Waals surface area contributed by atoms with Crippen molar-refractivity contribution in [1.82, 2.24) is 19.7 Å². The van der Waals surface area contributed by atoms with Crippen molar-refractivity contribution in [2.75, 3.05) is 37.8 Å². The van der Waals surface area contributed by atoms with Gasteiger partial charge < -0.3 is 19.2 Å². The minimum atomic E-state index is -2.03. The highest BCUT2D eigenvalue weighted by atomic mass is 28.4. The van der Waals surface area contributed by atoms with E-state index < -0.39 is 14.4 Å². The molecule has 0 unspecified atom stereocenters. The first-order valence-corrected chi connectivity index (χ1v) is 15.5. The monoisotopic (exact) mass is 509 g/mol. The van der Waals surface area contributed by atoms with Crippen molar-refractivity contribution in [3.8, 4) is 17.1 Å². The lowest BCUT2D eigenvalue weighted by Crippen LogP contribution is -2.42. The normalized spacial score (nSPS) is 15.8. The van der Waals surface area contributed by atoms with Gasteiger partial charge in [-0.1, -0.05) is 44.5 Å². The van der Waals surface area contributed by atoms with Crippen molar-refractivity contribution in [2.45, 2.75) is 58.9 Å². The number of hydrogen-bond acceptors (Lipinski definition) is 7. The first kappa shape index (κ1) is 26.5. The number of benzene rings is 1. The van der Waals surface area contributed by atoms with Crippen LogP contribution in [0.5, 0.6) is 0 Å². The fourth-order valence-electron chi connectivity index (χ4n) is 3.88. The second-order valence-corrected chi connectivity index (χ2v) is 15.9. The molecule has 36 heavy (non-hydrogen) atoms. The number of hydrogen-bond donors (Lipinski definition) is 1. The Morgan fingerprint density at radius 1 is 1.06 bits per heavy atom. The molecule has 3 aromatic rings. The number of aryl methyl sites for hydroxylation is 2. The zero-order valence-electron chi connectivity index (χ0n) is 22.6. The highest BCUT2D eigenvalue weighted by Gasteiger charge is 2.38. The highest BCUT2D eigenvalue weighted by Crippen LogP contribution is 2.37. The molecule has 3 heterocycles. The van der Waals surface area contributed by atoms with Gasteiger partial charge in [0.15, 0.2) is 20.0 Å². The molecule has 1 saturated heterocycles. The third-order valence-corrected chi connectivity index (χ3v) is 11.7. The van der Waals surface area contributed by atoms with Crippen molar-refractivity contribution in [1.29, 1.82) is 0 Å². The minimum Gasteiger partial charge on any atom is -0.414 e. The van der Waals surface area contributed by atoms with Gasteiger partial charge in [-0.25, -0.2) is 14.6 Å². The Balaban J connectivity index is 1.69. The van der Waals surface area contributed by atoms with E-state index in [0.717, 1.165) is 35.9 Å². The SMILES string of the molecule is Cc1cccc(-c2cc(C)n(-c3cc(N4CCOCC4)nc([C@H](O)CO[Si](C)(C)C(C)(C)C)n3)n2)c1. The van der Waals surface area contributed by atoms with Gasteiger partial charge in [0.05, 0.1) is 25.5 Å². The molecular weight excluding hydrogens is 470 g/mol. The summed E-state index contributed by atoms with van der Waals surface area (Å²) in [4.78, 5) is 11.7. The van der Waals surface area contributed by atoms with E-state index in [-0.39, 0.29) is 11.6 Å². The summed E-state index contributed by atoms with van der Waals surface area (Å²) < 4.78 is 13.7. The molecule has 0 aliphatic carbocycles. The van der Waals surface area contributed by atoms with Gasteiger partial charge in [-0.05, 0) is 44.1 Å². The number of aromatic nitrogens is 4. The molecule has 194 valence electrons. The molecule has 0 saturated carbocycles. The van der Waals surface area contributed by atoms with Crippen LogP contribution in [0.25, 0.3) is 17.1 Å². The van der Waals surface area contributed by atoms with Crippen molar-refractivity contribution in [2.24, 2.45) is 0 Å². The van der Waals surface area contributed by atoms with E-state index in [4.69, 9.17) is 24.2 Å². The van der Waals surface area contributed by atoms with Crippen molar-refractivity contribution < 1.29 is 14.3 Å². The standard InChI is InChI=1S/C27H39N5O3Si/c1-19-9-8-10-21(15-19)22-16-20(2)32(30-22)25-17-24(31-11-13-34-14-12-31)28-26(29-25)23(33)18-35-36(6,7)27(3,4)5/h8-10,15-17,23,33H,11-14,18H2,1-7H3/t23-/m1/s1. The van der Waals surface area contributed by atoms with Crippen molar-refractivity contribution in [3.63, 3.8) is 0 Å². The Morgan fingerprint density at radius 2 is 1.75 bits per heavy atom. The van der Waals surface area contributed by atoms with E-state index in [9.17, 15) is 5.11 Å². The molecule has 9 heteroatoms. The second-order valence-electron chi connectivity index (χ2n) is 11.1. The molecule has 1 aliphatic heterocycles. The number of aliphatic hydroxyl groups is 1. The third-order valence-electron chi connectivity index (χ3n) is 7.18. The summed E-state index contributed by atoms with van der Waals surface area (Å²) in [6, 6.07) is 12.3. The first-order valence-electron chi connectivity index (χ1n) is 12.6. The summed E-state index contributed by atoms with van der Waals surface area (Å²) in [6.45, 7) is 17.9. The Hall–Kier alpha value is -2.59. The fraction of sp³-hybridized carbons (Fsp3) is 0.519. The Kier molecular flexibility index (Phi) is 7.66. The van der Waals surface area contributed by atoms with E-state index in [1.54, 1.807) is 0 Å². The molecule has 2 aromatic heterocycles. The summed E-state index contributed by atoms with van der Waals surface area (Å²) in [5.41, 5.74) is 4.08. The maximum Gasteiger partial charge on any atom is 0.192 e. The van der Waals surface area contributed by atoms with Gasteiger partial charge >= 0.3 is 0 Å². The van der Waals surface area contributed by atoms with Crippen molar-refractivity contribution in [3.05, 3.63) is 53.5 Å². The number of morpholine rings is 1. The molecular formula is C27H39N5O3Si. The maximum atomic E-state index is 11.1. The van der Waals surface area contributed by atoms with Crippen LogP contribution in [0.15, 0.2) is 36.4 Å². The Labute approximate surface area is 215 Å². The van der Waals surface area contributed by atoms with Gasteiger partial charge in [0.2, 0.25) is 0 Å². The van der Waals surface area contributed by atoms with Gasteiger partial charge in [0, 0.05) is 30.4 Å². The molecule has 0 spiro atoms. The molecule has 8 nitrogen and oxygen atoms in total. The third kappa shape index (κ3) is 5.86. The predicted octanol–water partition coefficient (Wildman–Crippen LogP) is 4.84. The molecule has 0 amide bonds. The number of ether oxygens (including phenoxy) is 1. The van der Waals surface area contributed by atoms with Gasteiger partial charge in [0.1, 0.15) is 11.9 Å². The largest absolute Gasteiger partial charge is 0.414 e. The van der Waals surface area contributed by atoms with E-state index >= 15 is 0 Å². The lowest BCUT2D eigenvalue weighted by molar-refractivity contribution is 0.0930. The van der Waals surface area contributed by atoms with Crippen LogP contribution < -0.4 is 4.90 Å². The molecule has 1 atom stereocenters. The van der Waals surface area contributed by atoms with Gasteiger partial charge in [-0.3, -0.25) is 0 Å². The molecule has 4 rings (SSSR count). The predicted molar refractivity (Wildman–Crippen MR) is 145 cm³/mol. The Morgan fingerprint density at radius 3 is 2.42 bits per heavy atom. The van der Waals surface area contributed by atoms with E-state index in [2.05, 4.69) is 70.0 Å². The van der Waals surface area contributed by atoms with Crippen LogP contribution in [0.2, 0.25) is 18.1 Å². The number of nitrogens with zero attached hydrogens (tertiary/aromatic N) is 5. The summed E-state index contributed by atoms with van der Waals surface area (Å²) in [5, 5.41) is 16.0. The molecule has 1 aromatic carbocycles. The summed E-state index contributed by atoms with van der Waals surface area (Å²) in [6.07, 6.45) is -0.939. The van der Waals surface area contributed by atoms with Crippen LogP contribution in [0, 0.1) is 13.8 Å². The Bertz CT molecular complexity index is 1200. The van der Waals surface area contributed by atoms with E-state index in [1.165, 1.54) is 5.56 Å². The zero-order chi connectivity index (χ0) is 26.1. The number of anilines is 1. The summed E-state index contributed by atoms with van der Waals surface area (Å²) >= 11 is 0. The van der Waals surface area contributed by atoms with Crippen LogP contribution in [0.3, 0.4) is 0 Å². The minimum absolute atomic E-state index is 0.0484. The van der Waals surface area contributed by atoms with Crippen molar-refractivity contribution >= 4 is 14.1 Å². The second kappa shape index (κ2) is 10.4. The number of aliphatic hydroxyl groups excluding tert-OH is 1. The highest BCUT2D eigenvalue weighted by molar-refractivity contribution is 6.74. The number of rotatable bonds is 7. The first-order chi connectivity index (χ1) is 16.9. The lowest BCUT2D eigenvalue weighted by Gasteiger charge is -2.36. The molecule has 0 radical (unpaired) electrons. The molecule has 1 fully saturated rings. The van der Waals surface area contributed by atoms with Crippen LogP contribution in [-0.4, -0.2) is 66.1 Å². The van der Waals surface area contributed by atoms with Crippen LogP contribution in [0.4, 0.5) is 5.82 Å². The average molecular weight is 510 g/mol. The van der Waals surface area contributed by atoms with Crippen LogP contribution in [0.1, 0.15) is 44.0 Å². The lowest BCUT2D eigenvalue weighted by atomic mass is 10.1. The fourth-order valence-corrected chi connectivity index (χ4v) is 4.89. The quantitative estimate of drug-likeness (QED) is 0.456. The molecule has 1 aliphatic rings. The van der Waals surface area contributed by atoms with Gasteiger partial charge in [-0.15, -0.1) is 0 Å². The molecule has 1 N–H and O–H groups in total. The van der Waals surface area contributed by atoms with Crippen LogP contribution in [-0.2, 0) is 9.16 Å². The average Bonchev–Trinajstić information content (AvgIpc) is 3.24. The van der Waals surface area contributed by atoms with E-state index in [1.807, 2.05) is 23.7 Å². The summed E-state index contributed by atoms with van der Waals surface area (Å²) in [7, 11) is -2.03. The van der Waals surface area contributed by atoms with E-state index in [0.29, 0.717) is 24.9 Å². The van der Waals surface area contributed by atoms with Gasteiger partial charge in [0.25, 0.3) is 0 Å². The smallest absolute Gasteiger partial charge is 0.192 e. The molecule has 0 bridgehead atoms. The van der Waals surface area contributed by atoms with Gasteiger partial charge in [-0.2, -0.15) is 5.10 Å². The zero-order valence-corrected chi connectivity index (χ0v) is 23.6. The maximum absolute atomic E-state index is 11.1. The van der Waals surface area contributed by atoms with Crippen LogP contribution >= 0.6 is 0 Å². The topological polar surface area (TPSA) is 85.5 Å². The summed E-state index contributed by atoms with van der Waals surface area (Å²) in [5.74, 6) is 1.74.